The maximum Gasteiger partial charge on any atom is 0.264 e. The highest BCUT2D eigenvalue weighted by Crippen LogP contribution is 2.27. The summed E-state index contributed by atoms with van der Waals surface area (Å²) in [6, 6.07) is 6.75. The molecular weight excluding hydrogens is 290 g/mol. The fraction of sp³-hybridized carbons (Fsp3) is 0.214. The quantitative estimate of drug-likeness (QED) is 0.916. The van der Waals surface area contributed by atoms with Gasteiger partial charge in [-0.05, 0) is 19.1 Å². The Morgan fingerprint density at radius 2 is 2.29 bits per heavy atom. The maximum atomic E-state index is 11.8. The van der Waals surface area contributed by atoms with E-state index in [-0.39, 0.29) is 12.5 Å². The normalized spacial score (nSPS) is 9.76. The number of hydrogen-bond acceptors (Lipinski definition) is 6. The van der Waals surface area contributed by atoms with E-state index in [9.17, 15) is 4.79 Å². The van der Waals surface area contributed by atoms with Crippen molar-refractivity contribution in [1.82, 2.24) is 4.98 Å². The smallest absolute Gasteiger partial charge is 0.264 e. The van der Waals surface area contributed by atoms with Crippen LogP contribution in [0.15, 0.2) is 24.4 Å². The predicted molar refractivity (Wildman–Crippen MR) is 78.7 cm³/mol. The summed E-state index contributed by atoms with van der Waals surface area (Å²) in [7, 11) is 1.47. The number of nitriles is 1. The first-order valence-electron chi connectivity index (χ1n) is 6.05. The maximum absolute atomic E-state index is 11.8. The molecule has 0 saturated carbocycles. The van der Waals surface area contributed by atoms with Gasteiger partial charge in [0.1, 0.15) is 0 Å². The summed E-state index contributed by atoms with van der Waals surface area (Å²) in [6.07, 6.45) is 1.69. The number of methoxy groups -OCH3 is 1. The van der Waals surface area contributed by atoms with Crippen molar-refractivity contribution in [3.8, 4) is 17.6 Å². The van der Waals surface area contributed by atoms with Crippen molar-refractivity contribution in [3.05, 3.63) is 34.8 Å². The minimum Gasteiger partial charge on any atom is -0.493 e. The van der Waals surface area contributed by atoms with Gasteiger partial charge in [-0.25, -0.2) is 4.98 Å². The van der Waals surface area contributed by atoms with E-state index < -0.39 is 0 Å². The molecule has 0 aliphatic heterocycles. The molecule has 0 bridgehead atoms. The van der Waals surface area contributed by atoms with Gasteiger partial charge in [-0.2, -0.15) is 5.26 Å². The highest BCUT2D eigenvalue weighted by atomic mass is 32.1. The molecule has 2 aromatic rings. The number of aryl methyl sites for hydroxylation is 1. The number of nitrogens with zero attached hydrogens (tertiary/aromatic N) is 2. The number of carbonyl (C=O) groups is 1. The molecule has 0 spiro atoms. The van der Waals surface area contributed by atoms with E-state index in [0.717, 1.165) is 4.88 Å². The molecule has 0 atom stereocenters. The first-order chi connectivity index (χ1) is 10.1. The monoisotopic (exact) mass is 303 g/mol. The molecule has 1 heterocycles. The van der Waals surface area contributed by atoms with Crippen LogP contribution in [0.4, 0.5) is 5.13 Å². The average molecular weight is 303 g/mol. The van der Waals surface area contributed by atoms with Gasteiger partial charge in [0.15, 0.2) is 23.2 Å². The SMILES string of the molecule is COc1cc(C#N)ccc1OCC(=O)Nc1ncc(C)s1. The van der Waals surface area contributed by atoms with Crippen LogP contribution in [0.2, 0.25) is 0 Å². The lowest BCUT2D eigenvalue weighted by molar-refractivity contribution is -0.118. The van der Waals surface area contributed by atoms with Gasteiger partial charge in [-0.15, -0.1) is 11.3 Å². The molecule has 1 amide bonds. The van der Waals surface area contributed by atoms with Crippen LogP contribution in [0.5, 0.6) is 11.5 Å². The van der Waals surface area contributed by atoms with E-state index in [2.05, 4.69) is 10.3 Å². The minimum absolute atomic E-state index is 0.166. The summed E-state index contributed by atoms with van der Waals surface area (Å²) < 4.78 is 10.5. The van der Waals surface area contributed by atoms with Crippen LogP contribution in [-0.4, -0.2) is 24.6 Å². The summed E-state index contributed by atoms with van der Waals surface area (Å²) in [6.45, 7) is 1.74. The van der Waals surface area contributed by atoms with Crippen LogP contribution in [0.25, 0.3) is 0 Å². The lowest BCUT2D eigenvalue weighted by atomic mass is 10.2. The summed E-state index contributed by atoms with van der Waals surface area (Å²) in [5.74, 6) is 0.504. The molecule has 0 unspecified atom stereocenters. The van der Waals surface area contributed by atoms with Gasteiger partial charge in [0.25, 0.3) is 5.91 Å². The van der Waals surface area contributed by atoms with Crippen LogP contribution < -0.4 is 14.8 Å². The molecule has 0 saturated heterocycles. The summed E-state index contributed by atoms with van der Waals surface area (Å²) in [5.41, 5.74) is 0.460. The van der Waals surface area contributed by atoms with Crippen molar-refractivity contribution in [3.63, 3.8) is 0 Å². The molecule has 6 nitrogen and oxygen atoms in total. The number of thiazole rings is 1. The predicted octanol–water partition coefficient (Wildman–Crippen LogP) is 2.35. The third-order valence-corrected chi connectivity index (χ3v) is 3.35. The molecular formula is C14H13N3O3S. The van der Waals surface area contributed by atoms with Crippen molar-refractivity contribution < 1.29 is 14.3 Å². The first-order valence-corrected chi connectivity index (χ1v) is 6.87. The van der Waals surface area contributed by atoms with Crippen molar-refractivity contribution in [2.45, 2.75) is 6.92 Å². The first kappa shape index (κ1) is 14.8. The Labute approximate surface area is 126 Å². The molecule has 0 aliphatic carbocycles. The van der Waals surface area contributed by atoms with Gasteiger partial charge in [0.05, 0.1) is 18.7 Å². The lowest BCUT2D eigenvalue weighted by Crippen LogP contribution is -2.20. The zero-order chi connectivity index (χ0) is 15.2. The van der Waals surface area contributed by atoms with Crippen LogP contribution in [0.3, 0.4) is 0 Å². The Bertz CT molecular complexity index is 691. The fourth-order valence-corrected chi connectivity index (χ4v) is 2.25. The topological polar surface area (TPSA) is 84.2 Å². The summed E-state index contributed by atoms with van der Waals surface area (Å²) in [5, 5.41) is 12.0. The molecule has 0 aliphatic rings. The number of aromatic nitrogens is 1. The number of benzene rings is 1. The molecule has 0 radical (unpaired) electrons. The Morgan fingerprint density at radius 3 is 2.90 bits per heavy atom. The number of anilines is 1. The van der Waals surface area contributed by atoms with Crippen LogP contribution >= 0.6 is 11.3 Å². The molecule has 1 aromatic heterocycles. The second kappa shape index (κ2) is 6.72. The summed E-state index contributed by atoms with van der Waals surface area (Å²) >= 11 is 1.39. The van der Waals surface area contributed by atoms with Crippen molar-refractivity contribution in [1.29, 1.82) is 5.26 Å². The zero-order valence-electron chi connectivity index (χ0n) is 11.5. The Hall–Kier alpha value is -2.59. The average Bonchev–Trinajstić information content (AvgIpc) is 2.90. The van der Waals surface area contributed by atoms with Crippen LogP contribution in [0, 0.1) is 18.3 Å². The number of rotatable bonds is 5. The summed E-state index contributed by atoms with van der Waals surface area (Å²) in [4.78, 5) is 16.8. The van der Waals surface area contributed by atoms with E-state index in [1.54, 1.807) is 24.4 Å². The number of hydrogen-bond donors (Lipinski definition) is 1. The van der Waals surface area contributed by atoms with Crippen molar-refractivity contribution in [2.24, 2.45) is 0 Å². The molecule has 21 heavy (non-hydrogen) atoms. The van der Waals surface area contributed by atoms with E-state index >= 15 is 0 Å². The van der Waals surface area contributed by atoms with E-state index in [4.69, 9.17) is 14.7 Å². The molecule has 1 N–H and O–H groups in total. The third kappa shape index (κ3) is 3.94. The molecule has 1 aromatic carbocycles. The molecule has 7 heteroatoms. The second-order valence-electron chi connectivity index (χ2n) is 4.09. The number of amides is 1. The van der Waals surface area contributed by atoms with E-state index in [0.29, 0.717) is 22.2 Å². The Kier molecular flexibility index (Phi) is 4.74. The van der Waals surface area contributed by atoms with E-state index in [1.165, 1.54) is 18.4 Å². The number of ether oxygens (including phenoxy) is 2. The van der Waals surface area contributed by atoms with Gasteiger partial charge < -0.3 is 9.47 Å². The highest BCUT2D eigenvalue weighted by molar-refractivity contribution is 7.15. The molecule has 0 fully saturated rings. The van der Waals surface area contributed by atoms with Crippen molar-refractivity contribution in [2.75, 3.05) is 19.0 Å². The van der Waals surface area contributed by atoms with Gasteiger partial charge in [0.2, 0.25) is 0 Å². The van der Waals surface area contributed by atoms with Gasteiger partial charge in [0, 0.05) is 17.1 Å². The van der Waals surface area contributed by atoms with Gasteiger partial charge in [-0.3, -0.25) is 10.1 Å². The fourth-order valence-electron chi connectivity index (χ4n) is 1.57. The molecule has 108 valence electrons. The number of carbonyl (C=O) groups excluding carboxylic acids is 1. The molecule has 2 rings (SSSR count). The third-order valence-electron chi connectivity index (χ3n) is 2.52. The van der Waals surface area contributed by atoms with Gasteiger partial charge >= 0.3 is 0 Å². The highest BCUT2D eigenvalue weighted by Gasteiger charge is 2.10. The second-order valence-corrected chi connectivity index (χ2v) is 5.33. The van der Waals surface area contributed by atoms with Gasteiger partial charge in [-0.1, -0.05) is 0 Å². The Balaban J connectivity index is 1.96. The largest absolute Gasteiger partial charge is 0.493 e. The number of nitrogens with one attached hydrogen (secondary N) is 1. The lowest BCUT2D eigenvalue weighted by Gasteiger charge is -2.10. The minimum atomic E-state index is -0.309. The van der Waals surface area contributed by atoms with Crippen LogP contribution in [0.1, 0.15) is 10.4 Å². The van der Waals surface area contributed by atoms with Crippen LogP contribution in [-0.2, 0) is 4.79 Å². The van der Waals surface area contributed by atoms with E-state index in [1.807, 2.05) is 13.0 Å². The zero-order valence-corrected chi connectivity index (χ0v) is 12.4. The van der Waals surface area contributed by atoms with Crippen molar-refractivity contribution >= 4 is 22.4 Å². The Morgan fingerprint density at radius 1 is 1.48 bits per heavy atom. The standard InChI is InChI=1S/C14H13N3O3S/c1-9-7-16-14(21-9)17-13(18)8-20-11-4-3-10(6-15)5-12(11)19-2/h3-5,7H,8H2,1-2H3,(H,16,17,18).